The Morgan fingerprint density at radius 2 is 2.11 bits per heavy atom. The first-order chi connectivity index (χ1) is 8.95. The Kier molecular flexibility index (Phi) is 6.02. The van der Waals surface area contributed by atoms with Crippen molar-refractivity contribution in [3.8, 4) is 0 Å². The molecule has 0 aliphatic carbocycles. The largest absolute Gasteiger partial charge is 0.481 e. The van der Waals surface area contributed by atoms with Crippen LogP contribution in [0.2, 0.25) is 0 Å². The van der Waals surface area contributed by atoms with Crippen LogP contribution in [-0.2, 0) is 4.79 Å². The minimum atomic E-state index is -0.901. The standard InChI is InChI=1S/C14H18BrNO3/c1-3-5-10(8-12(17)18)16-14(19)11-7-4-6-9(2)13(11)15/h4,6-7,10H,3,5,8H2,1-2H3,(H,16,19)(H,17,18). The van der Waals surface area contributed by atoms with E-state index in [-0.39, 0.29) is 18.4 Å². The third-order valence-electron chi connectivity index (χ3n) is 2.83. The minimum Gasteiger partial charge on any atom is -0.481 e. The molecule has 0 spiro atoms. The van der Waals surface area contributed by atoms with Crippen molar-refractivity contribution in [1.29, 1.82) is 0 Å². The van der Waals surface area contributed by atoms with Gasteiger partial charge in [-0.2, -0.15) is 0 Å². The molecule has 0 fully saturated rings. The predicted octanol–water partition coefficient (Wildman–Crippen LogP) is 3.13. The van der Waals surface area contributed by atoms with Crippen molar-refractivity contribution >= 4 is 27.8 Å². The summed E-state index contributed by atoms with van der Waals surface area (Å²) in [4.78, 5) is 22.9. The van der Waals surface area contributed by atoms with Gasteiger partial charge in [0.2, 0.25) is 0 Å². The zero-order chi connectivity index (χ0) is 14.4. The van der Waals surface area contributed by atoms with Crippen LogP contribution in [0, 0.1) is 6.92 Å². The van der Waals surface area contributed by atoms with E-state index in [0.717, 1.165) is 16.5 Å². The van der Waals surface area contributed by atoms with Gasteiger partial charge in [-0.15, -0.1) is 0 Å². The van der Waals surface area contributed by atoms with Crippen LogP contribution in [-0.4, -0.2) is 23.0 Å². The van der Waals surface area contributed by atoms with Gasteiger partial charge in [0.15, 0.2) is 0 Å². The second-order valence-corrected chi connectivity index (χ2v) is 5.29. The molecule has 0 saturated carbocycles. The molecule has 2 N–H and O–H groups in total. The molecular weight excluding hydrogens is 310 g/mol. The molecule has 19 heavy (non-hydrogen) atoms. The SMILES string of the molecule is CCCC(CC(=O)O)NC(=O)c1cccc(C)c1Br. The molecular formula is C14H18BrNO3. The van der Waals surface area contributed by atoms with Gasteiger partial charge >= 0.3 is 5.97 Å². The van der Waals surface area contributed by atoms with E-state index in [0.29, 0.717) is 12.0 Å². The number of hydrogen-bond acceptors (Lipinski definition) is 2. The van der Waals surface area contributed by atoms with Gasteiger partial charge in [-0.05, 0) is 40.9 Å². The van der Waals surface area contributed by atoms with Crippen LogP contribution >= 0.6 is 15.9 Å². The lowest BCUT2D eigenvalue weighted by atomic mass is 10.1. The van der Waals surface area contributed by atoms with Crippen molar-refractivity contribution < 1.29 is 14.7 Å². The summed E-state index contributed by atoms with van der Waals surface area (Å²) in [5, 5.41) is 11.6. The molecule has 1 rings (SSSR count). The fourth-order valence-corrected chi connectivity index (χ4v) is 2.31. The summed E-state index contributed by atoms with van der Waals surface area (Å²) in [6.07, 6.45) is 1.43. The lowest BCUT2D eigenvalue weighted by Crippen LogP contribution is -2.36. The van der Waals surface area contributed by atoms with E-state index in [1.165, 1.54) is 0 Å². The van der Waals surface area contributed by atoms with Crippen LogP contribution in [0.5, 0.6) is 0 Å². The van der Waals surface area contributed by atoms with Crippen LogP contribution in [0.4, 0.5) is 0 Å². The summed E-state index contributed by atoms with van der Waals surface area (Å²) in [6, 6.07) is 5.10. The molecule has 0 aliphatic rings. The van der Waals surface area contributed by atoms with Crippen molar-refractivity contribution in [2.75, 3.05) is 0 Å². The monoisotopic (exact) mass is 327 g/mol. The third kappa shape index (κ3) is 4.67. The lowest BCUT2D eigenvalue weighted by Gasteiger charge is -2.17. The topological polar surface area (TPSA) is 66.4 Å². The van der Waals surface area contributed by atoms with E-state index in [1.807, 2.05) is 19.9 Å². The van der Waals surface area contributed by atoms with Crippen LogP contribution in [0.3, 0.4) is 0 Å². The first-order valence-corrected chi connectivity index (χ1v) is 7.02. The normalized spacial score (nSPS) is 11.9. The number of aliphatic carboxylic acids is 1. The Bertz CT molecular complexity index is 474. The van der Waals surface area contributed by atoms with Crippen molar-refractivity contribution in [3.05, 3.63) is 33.8 Å². The summed E-state index contributed by atoms with van der Waals surface area (Å²) in [5.74, 6) is -1.14. The number of amides is 1. The molecule has 5 heteroatoms. The first kappa shape index (κ1) is 15.7. The average molecular weight is 328 g/mol. The van der Waals surface area contributed by atoms with Gasteiger partial charge in [-0.1, -0.05) is 25.5 Å². The first-order valence-electron chi connectivity index (χ1n) is 6.23. The Hall–Kier alpha value is -1.36. The number of benzene rings is 1. The van der Waals surface area contributed by atoms with E-state index in [1.54, 1.807) is 12.1 Å². The number of nitrogens with one attached hydrogen (secondary N) is 1. The number of carbonyl (C=O) groups is 2. The second kappa shape index (κ2) is 7.28. The summed E-state index contributed by atoms with van der Waals surface area (Å²) in [7, 11) is 0. The number of halogens is 1. The number of aryl methyl sites for hydroxylation is 1. The molecule has 1 aromatic rings. The van der Waals surface area contributed by atoms with Gasteiger partial charge in [0.1, 0.15) is 0 Å². The highest BCUT2D eigenvalue weighted by molar-refractivity contribution is 9.10. The minimum absolute atomic E-state index is 0.0526. The highest BCUT2D eigenvalue weighted by Crippen LogP contribution is 2.21. The van der Waals surface area contributed by atoms with Crippen LogP contribution < -0.4 is 5.32 Å². The van der Waals surface area contributed by atoms with Crippen LogP contribution in [0.25, 0.3) is 0 Å². The van der Waals surface area contributed by atoms with Crippen molar-refractivity contribution in [2.45, 2.75) is 39.2 Å². The summed E-state index contributed by atoms with van der Waals surface area (Å²) >= 11 is 3.38. The summed E-state index contributed by atoms with van der Waals surface area (Å²) < 4.78 is 0.748. The smallest absolute Gasteiger partial charge is 0.305 e. The third-order valence-corrected chi connectivity index (χ3v) is 3.88. The van der Waals surface area contributed by atoms with Gasteiger partial charge in [-0.3, -0.25) is 9.59 Å². The number of hydrogen-bond donors (Lipinski definition) is 2. The van der Waals surface area contributed by atoms with Crippen LogP contribution in [0.1, 0.15) is 42.1 Å². The fourth-order valence-electron chi connectivity index (χ4n) is 1.87. The summed E-state index contributed by atoms with van der Waals surface area (Å²) in [5.41, 5.74) is 1.50. The van der Waals surface area contributed by atoms with E-state index in [4.69, 9.17) is 5.11 Å². The van der Waals surface area contributed by atoms with Gasteiger partial charge in [0, 0.05) is 10.5 Å². The Balaban J connectivity index is 2.81. The molecule has 0 bridgehead atoms. The molecule has 0 aromatic heterocycles. The van der Waals surface area contributed by atoms with Crippen molar-refractivity contribution in [1.82, 2.24) is 5.32 Å². The fraction of sp³-hybridized carbons (Fsp3) is 0.429. The van der Waals surface area contributed by atoms with Gasteiger partial charge < -0.3 is 10.4 Å². The van der Waals surface area contributed by atoms with E-state index < -0.39 is 5.97 Å². The molecule has 4 nitrogen and oxygen atoms in total. The zero-order valence-corrected chi connectivity index (χ0v) is 12.7. The van der Waals surface area contributed by atoms with Crippen molar-refractivity contribution in [3.63, 3.8) is 0 Å². The molecule has 0 saturated heterocycles. The lowest BCUT2D eigenvalue weighted by molar-refractivity contribution is -0.137. The van der Waals surface area contributed by atoms with E-state index >= 15 is 0 Å². The molecule has 104 valence electrons. The number of carbonyl (C=O) groups excluding carboxylic acids is 1. The highest BCUT2D eigenvalue weighted by Gasteiger charge is 2.18. The quantitative estimate of drug-likeness (QED) is 0.843. The maximum Gasteiger partial charge on any atom is 0.305 e. The van der Waals surface area contributed by atoms with Gasteiger partial charge in [-0.25, -0.2) is 0 Å². The Labute approximate surface area is 121 Å². The number of carboxylic acid groups (broad SMARTS) is 1. The molecule has 0 aliphatic heterocycles. The molecule has 1 aromatic carbocycles. The van der Waals surface area contributed by atoms with E-state index in [9.17, 15) is 9.59 Å². The Morgan fingerprint density at radius 1 is 1.42 bits per heavy atom. The maximum atomic E-state index is 12.2. The number of carboxylic acids is 1. The van der Waals surface area contributed by atoms with E-state index in [2.05, 4.69) is 21.2 Å². The molecule has 1 unspecified atom stereocenters. The molecule has 0 heterocycles. The predicted molar refractivity (Wildman–Crippen MR) is 77.3 cm³/mol. The van der Waals surface area contributed by atoms with Gasteiger partial charge in [0.05, 0.1) is 12.0 Å². The molecule has 1 atom stereocenters. The Morgan fingerprint density at radius 3 is 2.68 bits per heavy atom. The zero-order valence-electron chi connectivity index (χ0n) is 11.1. The second-order valence-electron chi connectivity index (χ2n) is 4.49. The highest BCUT2D eigenvalue weighted by atomic mass is 79.9. The summed E-state index contributed by atoms with van der Waals surface area (Å²) in [6.45, 7) is 3.87. The van der Waals surface area contributed by atoms with Crippen LogP contribution in [0.15, 0.2) is 22.7 Å². The maximum absolute atomic E-state index is 12.2. The molecule has 0 radical (unpaired) electrons. The molecule has 1 amide bonds. The van der Waals surface area contributed by atoms with Crippen molar-refractivity contribution in [2.24, 2.45) is 0 Å². The number of rotatable bonds is 6. The van der Waals surface area contributed by atoms with Gasteiger partial charge in [0.25, 0.3) is 5.91 Å². The average Bonchev–Trinajstić information content (AvgIpc) is 2.32.